The fourth-order valence-corrected chi connectivity index (χ4v) is 1.75. The van der Waals surface area contributed by atoms with Crippen molar-refractivity contribution in [2.45, 2.75) is 32.7 Å². The van der Waals surface area contributed by atoms with Crippen LogP contribution < -0.4 is 0 Å². The van der Waals surface area contributed by atoms with E-state index in [1.807, 2.05) is 32.0 Å². The number of methoxy groups -OCH3 is 2. The molecule has 1 unspecified atom stereocenters. The Balaban J connectivity index is 3.10. The molecule has 0 spiro atoms. The van der Waals surface area contributed by atoms with Crippen LogP contribution in [0.1, 0.15) is 23.6 Å². The Kier molecular flexibility index (Phi) is 4.08. The molecule has 0 amide bonds. The van der Waals surface area contributed by atoms with E-state index in [9.17, 15) is 5.11 Å². The van der Waals surface area contributed by atoms with E-state index < -0.39 is 11.9 Å². The molecule has 1 aromatic rings. The molecular formula is C13H20O3. The summed E-state index contributed by atoms with van der Waals surface area (Å²) >= 11 is 0. The number of rotatable bonds is 4. The average molecular weight is 224 g/mol. The van der Waals surface area contributed by atoms with Gasteiger partial charge in [0.05, 0.1) is 0 Å². The fraction of sp³-hybridized carbons (Fsp3) is 0.538. The van der Waals surface area contributed by atoms with Crippen molar-refractivity contribution in [2.75, 3.05) is 14.2 Å². The lowest BCUT2D eigenvalue weighted by Gasteiger charge is -2.31. The first-order chi connectivity index (χ1) is 7.43. The smallest absolute Gasteiger partial charge is 0.189 e. The highest BCUT2D eigenvalue weighted by Crippen LogP contribution is 2.28. The summed E-state index contributed by atoms with van der Waals surface area (Å²) in [5.74, 6) is 0. The van der Waals surface area contributed by atoms with E-state index in [0.717, 1.165) is 11.1 Å². The minimum absolute atomic E-state index is 0.672. The summed E-state index contributed by atoms with van der Waals surface area (Å²) < 4.78 is 10.2. The topological polar surface area (TPSA) is 38.7 Å². The molecule has 1 atom stereocenters. The fourth-order valence-electron chi connectivity index (χ4n) is 1.75. The van der Waals surface area contributed by atoms with E-state index in [4.69, 9.17) is 9.47 Å². The maximum Gasteiger partial charge on any atom is 0.189 e. The predicted molar refractivity (Wildman–Crippen MR) is 63.3 cm³/mol. The molecule has 0 aromatic heterocycles. The molecule has 0 aliphatic rings. The third-order valence-electron chi connectivity index (χ3n) is 2.98. The molecule has 90 valence electrons. The molecule has 0 saturated heterocycles. The molecule has 0 bridgehead atoms. The molecule has 1 aromatic carbocycles. The van der Waals surface area contributed by atoms with E-state index in [0.29, 0.717) is 0 Å². The number of hydrogen-bond acceptors (Lipinski definition) is 3. The number of aryl methyl sites for hydroxylation is 2. The molecule has 0 saturated carbocycles. The van der Waals surface area contributed by atoms with Gasteiger partial charge in [-0.25, -0.2) is 0 Å². The van der Waals surface area contributed by atoms with Crippen LogP contribution >= 0.6 is 0 Å². The van der Waals surface area contributed by atoms with Crippen LogP contribution in [0.25, 0.3) is 0 Å². The predicted octanol–water partition coefficient (Wildman–Crippen LogP) is 2.13. The number of benzene rings is 1. The Bertz CT molecular complexity index is 354. The summed E-state index contributed by atoms with van der Waals surface area (Å²) in [6, 6.07) is 5.84. The summed E-state index contributed by atoms with van der Waals surface area (Å²) in [5, 5.41) is 10.4. The molecule has 0 fully saturated rings. The van der Waals surface area contributed by atoms with Gasteiger partial charge in [-0.2, -0.15) is 0 Å². The Morgan fingerprint density at radius 3 is 2.12 bits per heavy atom. The zero-order valence-corrected chi connectivity index (χ0v) is 10.6. The van der Waals surface area contributed by atoms with Gasteiger partial charge in [-0.15, -0.1) is 0 Å². The average Bonchev–Trinajstić information content (AvgIpc) is 2.23. The van der Waals surface area contributed by atoms with Gasteiger partial charge in [0.1, 0.15) is 5.60 Å². The highest BCUT2D eigenvalue weighted by Gasteiger charge is 2.34. The highest BCUT2D eigenvalue weighted by molar-refractivity contribution is 5.33. The maximum atomic E-state index is 10.4. The lowest BCUT2D eigenvalue weighted by atomic mass is 9.92. The van der Waals surface area contributed by atoms with Crippen molar-refractivity contribution in [1.82, 2.24) is 0 Å². The Morgan fingerprint density at radius 1 is 1.12 bits per heavy atom. The monoisotopic (exact) mass is 224 g/mol. The summed E-state index contributed by atoms with van der Waals surface area (Å²) in [6.45, 7) is 5.75. The van der Waals surface area contributed by atoms with Crippen LogP contribution in [0.3, 0.4) is 0 Å². The van der Waals surface area contributed by atoms with Crippen LogP contribution in [0.2, 0.25) is 0 Å². The van der Waals surface area contributed by atoms with E-state index in [1.54, 1.807) is 6.92 Å². The Hall–Kier alpha value is -0.900. The summed E-state index contributed by atoms with van der Waals surface area (Å²) in [7, 11) is 3.04. The van der Waals surface area contributed by atoms with Gasteiger partial charge in [-0.05, 0) is 37.5 Å². The number of hydrogen-bond donors (Lipinski definition) is 1. The van der Waals surface area contributed by atoms with Gasteiger partial charge in [-0.3, -0.25) is 0 Å². The van der Waals surface area contributed by atoms with Crippen LogP contribution in [0.15, 0.2) is 18.2 Å². The SMILES string of the molecule is COC(OC)C(C)(O)c1ccc(C)c(C)c1. The molecule has 1 rings (SSSR count). The van der Waals surface area contributed by atoms with Crippen LogP contribution in [0, 0.1) is 13.8 Å². The standard InChI is InChI=1S/C13H20O3/c1-9-6-7-11(8-10(9)2)13(3,14)12(15-4)16-5/h6-8,12,14H,1-5H3. The lowest BCUT2D eigenvalue weighted by molar-refractivity contribution is -0.213. The molecule has 0 aliphatic heterocycles. The second-order valence-corrected chi connectivity index (χ2v) is 4.25. The quantitative estimate of drug-likeness (QED) is 0.796. The third-order valence-corrected chi connectivity index (χ3v) is 2.98. The molecule has 0 heterocycles. The Labute approximate surface area is 97.0 Å². The third kappa shape index (κ3) is 2.43. The molecule has 3 heteroatoms. The summed E-state index contributed by atoms with van der Waals surface area (Å²) in [4.78, 5) is 0. The first-order valence-electron chi connectivity index (χ1n) is 5.29. The van der Waals surface area contributed by atoms with E-state index in [1.165, 1.54) is 19.8 Å². The minimum atomic E-state index is -1.15. The van der Waals surface area contributed by atoms with Crippen molar-refractivity contribution in [1.29, 1.82) is 0 Å². The van der Waals surface area contributed by atoms with E-state index >= 15 is 0 Å². The van der Waals surface area contributed by atoms with Crippen molar-refractivity contribution < 1.29 is 14.6 Å². The van der Waals surface area contributed by atoms with Crippen LogP contribution in [-0.2, 0) is 15.1 Å². The summed E-state index contributed by atoms with van der Waals surface area (Å²) in [5.41, 5.74) is 1.99. The second kappa shape index (κ2) is 4.95. The number of aliphatic hydroxyl groups is 1. The van der Waals surface area contributed by atoms with Crippen LogP contribution in [0.4, 0.5) is 0 Å². The first-order valence-corrected chi connectivity index (χ1v) is 5.29. The van der Waals surface area contributed by atoms with Crippen molar-refractivity contribution in [3.05, 3.63) is 34.9 Å². The molecule has 1 N–H and O–H groups in total. The normalized spacial score (nSPS) is 15.2. The largest absolute Gasteiger partial charge is 0.380 e. The molecule has 3 nitrogen and oxygen atoms in total. The second-order valence-electron chi connectivity index (χ2n) is 4.25. The Morgan fingerprint density at radius 2 is 1.69 bits per heavy atom. The lowest BCUT2D eigenvalue weighted by Crippen LogP contribution is -2.39. The van der Waals surface area contributed by atoms with Crippen LogP contribution in [0.5, 0.6) is 0 Å². The molecule has 16 heavy (non-hydrogen) atoms. The number of ether oxygens (including phenoxy) is 2. The minimum Gasteiger partial charge on any atom is -0.380 e. The van der Waals surface area contributed by atoms with Gasteiger partial charge in [0, 0.05) is 14.2 Å². The van der Waals surface area contributed by atoms with Gasteiger partial charge in [0.15, 0.2) is 6.29 Å². The highest BCUT2D eigenvalue weighted by atomic mass is 16.7. The zero-order chi connectivity index (χ0) is 12.3. The van der Waals surface area contributed by atoms with Crippen molar-refractivity contribution >= 4 is 0 Å². The van der Waals surface area contributed by atoms with Gasteiger partial charge >= 0.3 is 0 Å². The summed E-state index contributed by atoms with van der Waals surface area (Å²) in [6.07, 6.45) is -0.672. The zero-order valence-electron chi connectivity index (χ0n) is 10.6. The van der Waals surface area contributed by atoms with E-state index in [2.05, 4.69) is 0 Å². The van der Waals surface area contributed by atoms with E-state index in [-0.39, 0.29) is 0 Å². The van der Waals surface area contributed by atoms with Crippen molar-refractivity contribution in [2.24, 2.45) is 0 Å². The van der Waals surface area contributed by atoms with Gasteiger partial charge in [0.2, 0.25) is 0 Å². The van der Waals surface area contributed by atoms with Gasteiger partial charge < -0.3 is 14.6 Å². The van der Waals surface area contributed by atoms with Crippen LogP contribution in [-0.4, -0.2) is 25.6 Å². The molecule has 0 aliphatic carbocycles. The molecule has 0 radical (unpaired) electrons. The van der Waals surface area contributed by atoms with Crippen molar-refractivity contribution in [3.8, 4) is 0 Å². The van der Waals surface area contributed by atoms with Gasteiger partial charge in [0.25, 0.3) is 0 Å². The van der Waals surface area contributed by atoms with Crippen molar-refractivity contribution in [3.63, 3.8) is 0 Å². The molecular weight excluding hydrogens is 204 g/mol. The first kappa shape index (κ1) is 13.2. The van der Waals surface area contributed by atoms with Gasteiger partial charge in [-0.1, -0.05) is 18.2 Å². The maximum absolute atomic E-state index is 10.4.